The van der Waals surface area contributed by atoms with Crippen LogP contribution in [0.2, 0.25) is 5.02 Å². The van der Waals surface area contributed by atoms with Crippen LogP contribution in [0.5, 0.6) is 11.5 Å². The fraction of sp³-hybridized carbons (Fsp3) is 0.238. The number of carbonyl (C=O) groups is 1. The molecule has 0 saturated carbocycles. The number of esters is 1. The van der Waals surface area contributed by atoms with E-state index in [2.05, 4.69) is 10.6 Å². The Hall–Kier alpha value is -2.61. The maximum atomic E-state index is 12.7. The highest BCUT2D eigenvalue weighted by Crippen LogP contribution is 2.31. The van der Waals surface area contributed by atoms with Crippen molar-refractivity contribution in [1.29, 1.82) is 0 Å². The SMILES string of the molecule is COCCOC(=O)C1=C(C)NC(=S)NC1c1cccc(Oc2ccc(Cl)cc2)c1. The van der Waals surface area contributed by atoms with Crippen molar-refractivity contribution < 1.29 is 19.0 Å². The molecule has 1 aliphatic rings. The van der Waals surface area contributed by atoms with Gasteiger partial charge < -0.3 is 24.8 Å². The van der Waals surface area contributed by atoms with Crippen molar-refractivity contribution in [2.24, 2.45) is 0 Å². The van der Waals surface area contributed by atoms with E-state index in [1.165, 1.54) is 0 Å². The van der Waals surface area contributed by atoms with Gasteiger partial charge in [0, 0.05) is 17.8 Å². The lowest BCUT2D eigenvalue weighted by molar-refractivity contribution is -0.140. The van der Waals surface area contributed by atoms with Crippen LogP contribution >= 0.6 is 23.8 Å². The van der Waals surface area contributed by atoms with E-state index in [1.807, 2.05) is 24.3 Å². The van der Waals surface area contributed by atoms with E-state index in [1.54, 1.807) is 38.3 Å². The van der Waals surface area contributed by atoms with Gasteiger partial charge in [-0.1, -0.05) is 23.7 Å². The first-order valence-corrected chi connectivity index (χ1v) is 9.74. The molecule has 0 radical (unpaired) electrons. The van der Waals surface area contributed by atoms with E-state index in [0.717, 1.165) is 5.56 Å². The highest BCUT2D eigenvalue weighted by atomic mass is 35.5. The molecule has 0 saturated heterocycles. The molecule has 152 valence electrons. The lowest BCUT2D eigenvalue weighted by Crippen LogP contribution is -2.45. The summed E-state index contributed by atoms with van der Waals surface area (Å²) in [5.41, 5.74) is 1.92. The maximum Gasteiger partial charge on any atom is 0.338 e. The Labute approximate surface area is 179 Å². The molecule has 0 spiro atoms. The molecular formula is C21H21ClN2O4S. The third-order valence-corrected chi connectivity index (χ3v) is 4.72. The Bertz CT molecular complexity index is 931. The Kier molecular flexibility index (Phi) is 7.09. The van der Waals surface area contributed by atoms with E-state index in [0.29, 0.717) is 39.5 Å². The van der Waals surface area contributed by atoms with Crippen molar-refractivity contribution in [3.8, 4) is 11.5 Å². The number of nitrogens with one attached hydrogen (secondary N) is 2. The molecule has 1 unspecified atom stereocenters. The molecule has 0 aliphatic carbocycles. The van der Waals surface area contributed by atoms with Gasteiger partial charge in [-0.2, -0.15) is 0 Å². The minimum atomic E-state index is -0.465. The van der Waals surface area contributed by atoms with Crippen LogP contribution in [0, 0.1) is 0 Å². The summed E-state index contributed by atoms with van der Waals surface area (Å²) in [4.78, 5) is 12.7. The molecular weight excluding hydrogens is 412 g/mol. The lowest BCUT2D eigenvalue weighted by atomic mass is 9.95. The van der Waals surface area contributed by atoms with Crippen molar-refractivity contribution in [2.45, 2.75) is 13.0 Å². The predicted octanol–water partition coefficient (Wildman–Crippen LogP) is 4.11. The maximum absolute atomic E-state index is 12.7. The zero-order valence-corrected chi connectivity index (χ0v) is 17.6. The minimum absolute atomic E-state index is 0.170. The van der Waals surface area contributed by atoms with E-state index in [4.69, 9.17) is 38.0 Å². The van der Waals surface area contributed by atoms with Gasteiger partial charge in [0.15, 0.2) is 5.11 Å². The van der Waals surface area contributed by atoms with Gasteiger partial charge in [0.2, 0.25) is 0 Å². The second-order valence-electron chi connectivity index (χ2n) is 6.33. The summed E-state index contributed by atoms with van der Waals surface area (Å²) >= 11 is 11.2. The van der Waals surface area contributed by atoms with E-state index < -0.39 is 12.0 Å². The molecule has 0 fully saturated rings. The first-order chi connectivity index (χ1) is 14.0. The molecule has 1 atom stereocenters. The van der Waals surface area contributed by atoms with E-state index >= 15 is 0 Å². The fourth-order valence-electron chi connectivity index (χ4n) is 2.91. The molecule has 29 heavy (non-hydrogen) atoms. The van der Waals surface area contributed by atoms with Gasteiger partial charge in [-0.05, 0) is 61.1 Å². The molecule has 0 bridgehead atoms. The van der Waals surface area contributed by atoms with Gasteiger partial charge in [0.1, 0.15) is 18.1 Å². The fourth-order valence-corrected chi connectivity index (χ4v) is 3.30. The highest BCUT2D eigenvalue weighted by molar-refractivity contribution is 7.80. The van der Waals surface area contributed by atoms with Crippen molar-refractivity contribution in [2.75, 3.05) is 20.3 Å². The molecule has 2 N–H and O–H groups in total. The van der Waals surface area contributed by atoms with Crippen LogP contribution in [0.4, 0.5) is 0 Å². The van der Waals surface area contributed by atoms with Gasteiger partial charge in [0.05, 0.1) is 18.2 Å². The Morgan fingerprint density at radius 1 is 1.14 bits per heavy atom. The number of hydrogen-bond donors (Lipinski definition) is 2. The van der Waals surface area contributed by atoms with Crippen LogP contribution in [-0.2, 0) is 14.3 Å². The zero-order valence-electron chi connectivity index (χ0n) is 16.0. The molecule has 8 heteroatoms. The van der Waals surface area contributed by atoms with Crippen molar-refractivity contribution in [3.63, 3.8) is 0 Å². The van der Waals surface area contributed by atoms with E-state index in [9.17, 15) is 4.79 Å². The Morgan fingerprint density at radius 3 is 2.62 bits per heavy atom. The molecule has 0 aromatic heterocycles. The predicted molar refractivity (Wildman–Crippen MR) is 115 cm³/mol. The second-order valence-corrected chi connectivity index (χ2v) is 7.17. The van der Waals surface area contributed by atoms with Crippen LogP contribution < -0.4 is 15.4 Å². The standard InChI is InChI=1S/C21H21ClN2O4S/c1-13-18(20(25)27-11-10-26-2)19(24-21(29)23-13)14-4-3-5-17(12-14)28-16-8-6-15(22)7-9-16/h3-9,12,19H,10-11H2,1-2H3,(H2,23,24,29). The molecule has 3 rings (SSSR count). The summed E-state index contributed by atoms with van der Waals surface area (Å²) < 4.78 is 16.2. The molecule has 0 amide bonds. The summed E-state index contributed by atoms with van der Waals surface area (Å²) in [6.07, 6.45) is 0. The highest BCUT2D eigenvalue weighted by Gasteiger charge is 2.31. The number of thiocarbonyl (C=S) groups is 1. The zero-order chi connectivity index (χ0) is 20.8. The van der Waals surface area contributed by atoms with Crippen LogP contribution in [0.1, 0.15) is 18.5 Å². The van der Waals surface area contributed by atoms with Crippen LogP contribution in [-0.4, -0.2) is 31.4 Å². The van der Waals surface area contributed by atoms with Crippen molar-refractivity contribution in [1.82, 2.24) is 10.6 Å². The van der Waals surface area contributed by atoms with Gasteiger partial charge in [-0.15, -0.1) is 0 Å². The van der Waals surface area contributed by atoms with Crippen LogP contribution in [0.25, 0.3) is 0 Å². The summed E-state index contributed by atoms with van der Waals surface area (Å²) in [6, 6.07) is 14.1. The van der Waals surface area contributed by atoms with Gasteiger partial charge >= 0.3 is 5.97 Å². The number of rotatable bonds is 7. The third-order valence-electron chi connectivity index (χ3n) is 4.25. The quantitative estimate of drug-likeness (QED) is 0.387. The van der Waals surface area contributed by atoms with Crippen molar-refractivity contribution >= 4 is 34.9 Å². The van der Waals surface area contributed by atoms with Gasteiger partial charge in [-0.25, -0.2) is 4.79 Å². The first-order valence-electron chi connectivity index (χ1n) is 8.95. The smallest absolute Gasteiger partial charge is 0.338 e. The molecule has 1 aliphatic heterocycles. The Morgan fingerprint density at radius 2 is 1.90 bits per heavy atom. The molecule has 1 heterocycles. The number of halogens is 1. The van der Waals surface area contributed by atoms with E-state index in [-0.39, 0.29) is 6.61 Å². The van der Waals surface area contributed by atoms with Crippen molar-refractivity contribution in [3.05, 3.63) is 70.4 Å². The topological polar surface area (TPSA) is 68.8 Å². The number of allylic oxidation sites excluding steroid dienone is 1. The Balaban J connectivity index is 1.86. The summed E-state index contributed by atoms with van der Waals surface area (Å²) in [5.74, 6) is 0.850. The second kappa shape index (κ2) is 9.73. The number of methoxy groups -OCH3 is 1. The number of ether oxygens (including phenoxy) is 3. The summed E-state index contributed by atoms with van der Waals surface area (Å²) in [6.45, 7) is 2.29. The monoisotopic (exact) mass is 432 g/mol. The van der Waals surface area contributed by atoms with Crippen LogP contribution in [0.3, 0.4) is 0 Å². The number of benzene rings is 2. The average molecular weight is 433 g/mol. The lowest BCUT2D eigenvalue weighted by Gasteiger charge is -2.30. The van der Waals surface area contributed by atoms with Crippen LogP contribution in [0.15, 0.2) is 59.8 Å². The largest absolute Gasteiger partial charge is 0.460 e. The average Bonchev–Trinajstić information content (AvgIpc) is 2.69. The number of carbonyl (C=O) groups excluding carboxylic acids is 1. The minimum Gasteiger partial charge on any atom is -0.460 e. The third kappa shape index (κ3) is 5.47. The molecule has 2 aromatic rings. The van der Waals surface area contributed by atoms with Gasteiger partial charge in [0.25, 0.3) is 0 Å². The van der Waals surface area contributed by atoms with Gasteiger partial charge in [-0.3, -0.25) is 0 Å². The number of hydrogen-bond acceptors (Lipinski definition) is 5. The first kappa shape index (κ1) is 21.1. The molecule has 6 nitrogen and oxygen atoms in total. The summed E-state index contributed by atoms with van der Waals surface area (Å²) in [5, 5.41) is 7.19. The molecule has 2 aromatic carbocycles. The summed E-state index contributed by atoms with van der Waals surface area (Å²) in [7, 11) is 1.55. The normalized spacial score (nSPS) is 16.1.